The summed E-state index contributed by atoms with van der Waals surface area (Å²) in [7, 11) is 0. The Bertz CT molecular complexity index is 155. The molecule has 0 heterocycles. The smallest absolute Gasteiger partial charge is 0.302 e. The van der Waals surface area contributed by atoms with Gasteiger partial charge in [-0.3, -0.25) is 4.79 Å². The highest BCUT2D eigenvalue weighted by Crippen LogP contribution is 2.33. The monoisotopic (exact) mass is 171 g/mol. The van der Waals surface area contributed by atoms with Crippen LogP contribution in [0.2, 0.25) is 0 Å². The van der Waals surface area contributed by atoms with E-state index < -0.39 is 0 Å². The van der Waals surface area contributed by atoms with E-state index in [1.54, 1.807) is 0 Å². The van der Waals surface area contributed by atoms with Crippen LogP contribution in [0, 0.1) is 5.92 Å². The zero-order valence-electron chi connectivity index (χ0n) is 7.58. The summed E-state index contributed by atoms with van der Waals surface area (Å²) in [6.45, 7) is 1.95. The van der Waals surface area contributed by atoms with Crippen LogP contribution in [-0.4, -0.2) is 18.6 Å². The maximum absolute atomic E-state index is 10.4. The standard InChI is InChI=1S/C9H17NO2/c1-7(11)12-6-2-3-9(10)8-4-5-8/h8-9H,2-6,10H2,1H3. The molecule has 2 N–H and O–H groups in total. The van der Waals surface area contributed by atoms with Crippen molar-refractivity contribution in [2.45, 2.75) is 38.6 Å². The summed E-state index contributed by atoms with van der Waals surface area (Å²) in [6.07, 6.45) is 4.46. The van der Waals surface area contributed by atoms with Crippen LogP contribution in [0.4, 0.5) is 0 Å². The SMILES string of the molecule is CC(=O)OCCCC(N)C1CC1. The molecule has 0 aromatic carbocycles. The van der Waals surface area contributed by atoms with E-state index in [9.17, 15) is 4.79 Å². The molecule has 3 heteroatoms. The molecule has 0 aromatic rings. The first-order valence-corrected chi connectivity index (χ1v) is 4.59. The maximum atomic E-state index is 10.4. The van der Waals surface area contributed by atoms with Gasteiger partial charge < -0.3 is 10.5 Å². The van der Waals surface area contributed by atoms with Crippen LogP contribution in [0.15, 0.2) is 0 Å². The van der Waals surface area contributed by atoms with Gasteiger partial charge in [-0.05, 0) is 31.6 Å². The average molecular weight is 171 g/mol. The van der Waals surface area contributed by atoms with E-state index in [0.29, 0.717) is 12.6 Å². The predicted octanol–water partition coefficient (Wildman–Crippen LogP) is 1.07. The van der Waals surface area contributed by atoms with Crippen LogP contribution in [0.25, 0.3) is 0 Å². The topological polar surface area (TPSA) is 52.3 Å². The van der Waals surface area contributed by atoms with Crippen LogP contribution in [-0.2, 0) is 9.53 Å². The van der Waals surface area contributed by atoms with Crippen LogP contribution in [0.3, 0.4) is 0 Å². The Kier molecular flexibility index (Phi) is 3.53. The third-order valence-corrected chi connectivity index (χ3v) is 2.21. The van der Waals surface area contributed by atoms with E-state index in [1.165, 1.54) is 19.8 Å². The van der Waals surface area contributed by atoms with Gasteiger partial charge in [-0.25, -0.2) is 0 Å². The van der Waals surface area contributed by atoms with Crippen molar-refractivity contribution in [3.8, 4) is 0 Å². The minimum Gasteiger partial charge on any atom is -0.466 e. The second-order valence-corrected chi connectivity index (χ2v) is 3.48. The second-order valence-electron chi connectivity index (χ2n) is 3.48. The predicted molar refractivity (Wildman–Crippen MR) is 46.6 cm³/mol. The fourth-order valence-corrected chi connectivity index (χ4v) is 1.30. The molecule has 0 amide bonds. The molecule has 1 rings (SSSR count). The van der Waals surface area contributed by atoms with Crippen molar-refractivity contribution in [2.75, 3.05) is 6.61 Å². The fourth-order valence-electron chi connectivity index (χ4n) is 1.30. The molecule has 70 valence electrons. The summed E-state index contributed by atoms with van der Waals surface area (Å²) < 4.78 is 4.80. The Labute approximate surface area is 73.3 Å². The Morgan fingerprint density at radius 3 is 2.83 bits per heavy atom. The van der Waals surface area contributed by atoms with Gasteiger partial charge >= 0.3 is 5.97 Å². The molecule has 1 aliphatic rings. The average Bonchev–Trinajstić information content (AvgIpc) is 2.79. The van der Waals surface area contributed by atoms with Crippen molar-refractivity contribution in [1.29, 1.82) is 0 Å². The molecule has 0 aliphatic heterocycles. The molecule has 0 bridgehead atoms. The Balaban J connectivity index is 1.90. The van der Waals surface area contributed by atoms with E-state index >= 15 is 0 Å². The molecule has 0 radical (unpaired) electrons. The third-order valence-electron chi connectivity index (χ3n) is 2.21. The molecule has 0 aromatic heterocycles. The van der Waals surface area contributed by atoms with Crippen LogP contribution < -0.4 is 5.73 Å². The molecule has 0 saturated heterocycles. The van der Waals surface area contributed by atoms with Gasteiger partial charge in [0.25, 0.3) is 0 Å². The van der Waals surface area contributed by atoms with E-state index in [4.69, 9.17) is 10.5 Å². The largest absolute Gasteiger partial charge is 0.466 e. The van der Waals surface area contributed by atoms with Crippen molar-refractivity contribution in [1.82, 2.24) is 0 Å². The summed E-state index contributed by atoms with van der Waals surface area (Å²) in [4.78, 5) is 10.4. The number of ether oxygens (including phenoxy) is 1. The molecule has 1 aliphatic carbocycles. The number of esters is 1. The van der Waals surface area contributed by atoms with Crippen LogP contribution in [0.1, 0.15) is 32.6 Å². The van der Waals surface area contributed by atoms with Gasteiger partial charge in [0.2, 0.25) is 0 Å². The first-order chi connectivity index (χ1) is 5.70. The lowest BCUT2D eigenvalue weighted by Crippen LogP contribution is -2.22. The Morgan fingerprint density at radius 1 is 1.67 bits per heavy atom. The molecule has 1 saturated carbocycles. The van der Waals surface area contributed by atoms with E-state index in [1.807, 2.05) is 0 Å². The highest BCUT2D eigenvalue weighted by Gasteiger charge is 2.27. The van der Waals surface area contributed by atoms with E-state index in [2.05, 4.69) is 0 Å². The molecular formula is C9H17NO2. The number of carbonyl (C=O) groups is 1. The number of hydrogen-bond acceptors (Lipinski definition) is 3. The van der Waals surface area contributed by atoms with Crippen molar-refractivity contribution < 1.29 is 9.53 Å². The van der Waals surface area contributed by atoms with Crippen molar-refractivity contribution >= 4 is 5.97 Å². The second kappa shape index (κ2) is 4.45. The highest BCUT2D eigenvalue weighted by atomic mass is 16.5. The minimum absolute atomic E-state index is 0.199. The lowest BCUT2D eigenvalue weighted by atomic mass is 10.1. The van der Waals surface area contributed by atoms with Gasteiger partial charge in [0, 0.05) is 13.0 Å². The number of hydrogen-bond donors (Lipinski definition) is 1. The van der Waals surface area contributed by atoms with Gasteiger partial charge in [-0.2, -0.15) is 0 Å². The number of nitrogens with two attached hydrogens (primary N) is 1. The first kappa shape index (κ1) is 9.52. The van der Waals surface area contributed by atoms with Crippen LogP contribution in [0.5, 0.6) is 0 Å². The zero-order chi connectivity index (χ0) is 8.97. The summed E-state index contributed by atoms with van der Waals surface area (Å²) in [6, 6.07) is 0.334. The normalized spacial score (nSPS) is 18.8. The number of rotatable bonds is 5. The third kappa shape index (κ3) is 3.72. The van der Waals surface area contributed by atoms with Crippen molar-refractivity contribution in [3.05, 3.63) is 0 Å². The minimum atomic E-state index is -0.199. The van der Waals surface area contributed by atoms with Crippen LogP contribution >= 0.6 is 0 Å². The van der Waals surface area contributed by atoms with Gasteiger partial charge in [0.1, 0.15) is 0 Å². The highest BCUT2D eigenvalue weighted by molar-refractivity contribution is 5.65. The van der Waals surface area contributed by atoms with E-state index in [-0.39, 0.29) is 5.97 Å². The maximum Gasteiger partial charge on any atom is 0.302 e. The summed E-state index contributed by atoms with van der Waals surface area (Å²) in [5.41, 5.74) is 5.86. The molecule has 1 atom stereocenters. The summed E-state index contributed by atoms with van der Waals surface area (Å²) in [5, 5.41) is 0. The van der Waals surface area contributed by atoms with Gasteiger partial charge in [-0.1, -0.05) is 0 Å². The van der Waals surface area contributed by atoms with Crippen molar-refractivity contribution in [2.24, 2.45) is 11.7 Å². The molecule has 0 spiro atoms. The molecule has 12 heavy (non-hydrogen) atoms. The fraction of sp³-hybridized carbons (Fsp3) is 0.889. The van der Waals surface area contributed by atoms with Gasteiger partial charge in [-0.15, -0.1) is 0 Å². The Hall–Kier alpha value is -0.570. The van der Waals surface area contributed by atoms with Crippen molar-refractivity contribution in [3.63, 3.8) is 0 Å². The lowest BCUT2D eigenvalue weighted by molar-refractivity contribution is -0.141. The van der Waals surface area contributed by atoms with Gasteiger partial charge in [0.15, 0.2) is 0 Å². The molecular weight excluding hydrogens is 154 g/mol. The van der Waals surface area contributed by atoms with Gasteiger partial charge in [0.05, 0.1) is 6.61 Å². The first-order valence-electron chi connectivity index (χ1n) is 4.59. The molecule has 1 fully saturated rings. The summed E-state index contributed by atoms with van der Waals surface area (Å²) in [5.74, 6) is 0.553. The summed E-state index contributed by atoms with van der Waals surface area (Å²) >= 11 is 0. The zero-order valence-corrected chi connectivity index (χ0v) is 7.58. The molecule has 3 nitrogen and oxygen atoms in total. The molecule has 1 unspecified atom stereocenters. The quantitative estimate of drug-likeness (QED) is 0.497. The Morgan fingerprint density at radius 2 is 2.33 bits per heavy atom. The lowest BCUT2D eigenvalue weighted by Gasteiger charge is -2.08. The van der Waals surface area contributed by atoms with E-state index in [0.717, 1.165) is 18.8 Å². The number of carbonyl (C=O) groups excluding carboxylic acids is 1.